The lowest BCUT2D eigenvalue weighted by Crippen LogP contribution is -2.29. The van der Waals surface area contributed by atoms with Crippen LogP contribution in [0.4, 0.5) is 0 Å². The summed E-state index contributed by atoms with van der Waals surface area (Å²) in [6, 6.07) is 13.7. The topological polar surface area (TPSA) is 67.3 Å². The number of fused-ring (bicyclic) bond motifs is 1. The quantitative estimate of drug-likeness (QED) is 0.664. The van der Waals surface area contributed by atoms with Crippen molar-refractivity contribution in [2.75, 3.05) is 0 Å². The first-order chi connectivity index (χ1) is 12.4. The van der Waals surface area contributed by atoms with E-state index in [0.717, 1.165) is 14.9 Å². The second-order valence-electron chi connectivity index (χ2n) is 5.85. The van der Waals surface area contributed by atoms with E-state index >= 15 is 0 Å². The third-order valence-corrected chi connectivity index (χ3v) is 7.02. The van der Waals surface area contributed by atoms with E-state index in [2.05, 4.69) is 4.98 Å². The molecule has 1 amide bonds. The fourth-order valence-corrected chi connectivity index (χ4v) is 5.30. The highest BCUT2D eigenvalue weighted by Gasteiger charge is 2.41. The second kappa shape index (κ2) is 6.50. The van der Waals surface area contributed by atoms with E-state index in [9.17, 15) is 13.2 Å². The van der Waals surface area contributed by atoms with Crippen molar-refractivity contribution in [3.63, 3.8) is 0 Å². The number of amides is 1. The van der Waals surface area contributed by atoms with Crippen LogP contribution >= 0.6 is 22.9 Å². The van der Waals surface area contributed by atoms with E-state index in [0.29, 0.717) is 17.1 Å². The fraction of sp³-hybridized carbons (Fsp3) is 0.111. The van der Waals surface area contributed by atoms with Crippen LogP contribution in [0.3, 0.4) is 0 Å². The third-order valence-electron chi connectivity index (χ3n) is 4.09. The number of hydrogen-bond donors (Lipinski definition) is 0. The number of sulfonamides is 1. The monoisotopic (exact) mass is 404 g/mol. The molecule has 4 rings (SSSR count). The molecule has 2 heterocycles. The molecule has 0 fully saturated rings. The molecule has 0 saturated heterocycles. The van der Waals surface area contributed by atoms with Crippen molar-refractivity contribution in [2.24, 2.45) is 0 Å². The number of hydrogen-bond acceptors (Lipinski definition) is 5. The molecule has 5 nitrogen and oxygen atoms in total. The molecule has 132 valence electrons. The Balaban J connectivity index is 1.55. The summed E-state index contributed by atoms with van der Waals surface area (Å²) in [5.74, 6) is -0.507. The molecule has 1 aromatic heterocycles. The number of carbonyl (C=O) groups is 1. The lowest BCUT2D eigenvalue weighted by Gasteiger charge is -2.13. The van der Waals surface area contributed by atoms with Gasteiger partial charge in [-0.25, -0.2) is 17.7 Å². The van der Waals surface area contributed by atoms with Gasteiger partial charge in [-0.05, 0) is 29.8 Å². The maximum absolute atomic E-state index is 12.6. The molecule has 1 aliphatic heterocycles. The highest BCUT2D eigenvalue weighted by Crippen LogP contribution is 2.31. The SMILES string of the molecule is O=C1c2ccccc2S(=O)(=O)N1Cc1csc(Cc2ccc(Cl)cc2)n1. The summed E-state index contributed by atoms with van der Waals surface area (Å²) >= 11 is 7.33. The number of carbonyl (C=O) groups excluding carboxylic acids is 1. The van der Waals surface area contributed by atoms with Gasteiger partial charge in [-0.1, -0.05) is 35.9 Å². The number of thiazole rings is 1. The first-order valence-electron chi connectivity index (χ1n) is 7.79. The molecular weight excluding hydrogens is 392 g/mol. The normalized spacial score (nSPS) is 15.3. The number of benzene rings is 2. The molecule has 0 saturated carbocycles. The molecular formula is C18H13ClN2O3S2. The maximum Gasteiger partial charge on any atom is 0.269 e. The van der Waals surface area contributed by atoms with Crippen LogP contribution in [0.2, 0.25) is 5.02 Å². The van der Waals surface area contributed by atoms with Crippen molar-refractivity contribution >= 4 is 38.9 Å². The van der Waals surface area contributed by atoms with E-state index in [1.165, 1.54) is 23.5 Å². The highest BCUT2D eigenvalue weighted by molar-refractivity contribution is 7.90. The molecule has 1 aliphatic rings. The van der Waals surface area contributed by atoms with Gasteiger partial charge in [0.25, 0.3) is 15.9 Å². The van der Waals surface area contributed by atoms with Crippen molar-refractivity contribution in [1.29, 1.82) is 0 Å². The molecule has 0 radical (unpaired) electrons. The molecule has 26 heavy (non-hydrogen) atoms. The summed E-state index contributed by atoms with van der Waals surface area (Å²) in [5, 5.41) is 3.31. The molecule has 0 bridgehead atoms. The zero-order valence-corrected chi connectivity index (χ0v) is 15.8. The summed E-state index contributed by atoms with van der Waals surface area (Å²) in [6.45, 7) is -0.0625. The molecule has 2 aromatic carbocycles. The van der Waals surface area contributed by atoms with Crippen molar-refractivity contribution in [1.82, 2.24) is 9.29 Å². The average Bonchev–Trinajstić information content (AvgIpc) is 3.14. The van der Waals surface area contributed by atoms with Crippen LogP contribution in [-0.2, 0) is 23.0 Å². The Morgan fingerprint density at radius 2 is 1.81 bits per heavy atom. The Hall–Kier alpha value is -2.22. The summed E-state index contributed by atoms with van der Waals surface area (Å²) < 4.78 is 26.1. The fourth-order valence-electron chi connectivity index (χ4n) is 2.81. The number of nitrogens with zero attached hydrogens (tertiary/aromatic N) is 2. The second-order valence-corrected chi connectivity index (χ2v) is 9.06. The van der Waals surface area contributed by atoms with Gasteiger partial charge in [-0.3, -0.25) is 4.79 Å². The lowest BCUT2D eigenvalue weighted by atomic mass is 10.2. The summed E-state index contributed by atoms with van der Waals surface area (Å²) in [6.07, 6.45) is 0.628. The van der Waals surface area contributed by atoms with Crippen LogP contribution in [-0.4, -0.2) is 23.6 Å². The molecule has 0 aliphatic carbocycles. The maximum atomic E-state index is 12.6. The van der Waals surface area contributed by atoms with E-state index < -0.39 is 15.9 Å². The van der Waals surface area contributed by atoms with Gasteiger partial charge in [0.05, 0.1) is 22.8 Å². The number of aromatic nitrogens is 1. The first kappa shape index (κ1) is 17.2. The minimum Gasteiger partial charge on any atom is -0.268 e. The van der Waals surface area contributed by atoms with E-state index in [1.54, 1.807) is 17.5 Å². The van der Waals surface area contributed by atoms with Crippen molar-refractivity contribution in [3.8, 4) is 0 Å². The van der Waals surface area contributed by atoms with E-state index in [1.807, 2.05) is 24.3 Å². The van der Waals surface area contributed by atoms with Gasteiger partial charge in [-0.15, -0.1) is 11.3 Å². The van der Waals surface area contributed by atoms with Crippen molar-refractivity contribution in [2.45, 2.75) is 17.9 Å². The smallest absolute Gasteiger partial charge is 0.268 e. The lowest BCUT2D eigenvalue weighted by molar-refractivity contribution is 0.0864. The minimum atomic E-state index is -3.81. The van der Waals surface area contributed by atoms with Gasteiger partial charge < -0.3 is 0 Å². The van der Waals surface area contributed by atoms with Crippen LogP contribution in [0.25, 0.3) is 0 Å². The Bertz CT molecular complexity index is 1090. The summed E-state index contributed by atoms with van der Waals surface area (Å²) in [5.41, 5.74) is 1.83. The minimum absolute atomic E-state index is 0.0571. The largest absolute Gasteiger partial charge is 0.269 e. The van der Waals surface area contributed by atoms with Gasteiger partial charge in [0.2, 0.25) is 0 Å². The number of halogens is 1. The molecule has 3 aromatic rings. The third kappa shape index (κ3) is 3.02. The van der Waals surface area contributed by atoms with E-state index in [-0.39, 0.29) is 17.0 Å². The van der Waals surface area contributed by atoms with Gasteiger partial charge in [0, 0.05) is 16.8 Å². The predicted molar refractivity (Wildman–Crippen MR) is 99.9 cm³/mol. The Labute approximate surface area is 159 Å². The van der Waals surface area contributed by atoms with Crippen LogP contribution in [0.15, 0.2) is 58.8 Å². The van der Waals surface area contributed by atoms with E-state index in [4.69, 9.17) is 11.6 Å². The van der Waals surface area contributed by atoms with Crippen LogP contribution in [0.1, 0.15) is 26.6 Å². The Kier molecular flexibility index (Phi) is 4.30. The first-order valence-corrected chi connectivity index (χ1v) is 10.5. The molecule has 0 N–H and O–H groups in total. The molecule has 0 unspecified atom stereocenters. The van der Waals surface area contributed by atoms with Gasteiger partial charge in [-0.2, -0.15) is 0 Å². The van der Waals surface area contributed by atoms with Crippen LogP contribution < -0.4 is 0 Å². The summed E-state index contributed by atoms with van der Waals surface area (Å²) in [4.78, 5) is 17.0. The van der Waals surface area contributed by atoms with Gasteiger partial charge in [0.1, 0.15) is 4.90 Å². The van der Waals surface area contributed by atoms with Gasteiger partial charge >= 0.3 is 0 Å². The molecule has 0 atom stereocenters. The zero-order valence-electron chi connectivity index (χ0n) is 13.4. The number of rotatable bonds is 4. The standard InChI is InChI=1S/C18H13ClN2O3S2/c19-13-7-5-12(6-8-13)9-17-20-14(11-25-17)10-21-18(22)15-3-1-2-4-16(15)26(21,23)24/h1-8,11H,9-10H2. The van der Waals surface area contributed by atoms with Crippen molar-refractivity contribution in [3.05, 3.63) is 80.8 Å². The Morgan fingerprint density at radius 1 is 1.08 bits per heavy atom. The zero-order chi connectivity index (χ0) is 18.3. The average molecular weight is 405 g/mol. The summed E-state index contributed by atoms with van der Waals surface area (Å²) in [7, 11) is -3.81. The van der Waals surface area contributed by atoms with Crippen LogP contribution in [0, 0.1) is 0 Å². The van der Waals surface area contributed by atoms with Gasteiger partial charge in [0.15, 0.2) is 0 Å². The van der Waals surface area contributed by atoms with Crippen molar-refractivity contribution < 1.29 is 13.2 Å². The Morgan fingerprint density at radius 3 is 2.54 bits per heavy atom. The highest BCUT2D eigenvalue weighted by atomic mass is 35.5. The van der Waals surface area contributed by atoms with Crippen LogP contribution in [0.5, 0.6) is 0 Å². The molecule has 0 spiro atoms. The predicted octanol–water partition coefficient (Wildman–Crippen LogP) is 3.73. The molecule has 8 heteroatoms.